The van der Waals surface area contributed by atoms with Gasteiger partial charge in [0, 0.05) is 38.0 Å². The third-order valence-electron chi connectivity index (χ3n) is 7.43. The Morgan fingerprint density at radius 1 is 1.03 bits per heavy atom. The van der Waals surface area contributed by atoms with Gasteiger partial charge < -0.3 is 25.0 Å². The first kappa shape index (κ1) is 23.6. The maximum absolute atomic E-state index is 12.2. The highest BCUT2D eigenvalue weighted by atomic mass is 32.1. The van der Waals surface area contributed by atoms with Gasteiger partial charge in [0.1, 0.15) is 12.4 Å². The number of aryl methyl sites for hydroxylation is 1. The minimum Gasteiger partial charge on any atom is -0.381 e. The van der Waals surface area contributed by atoms with E-state index in [4.69, 9.17) is 19.4 Å². The van der Waals surface area contributed by atoms with E-state index < -0.39 is 0 Å². The van der Waals surface area contributed by atoms with Crippen LogP contribution in [0.4, 0.5) is 17.5 Å². The van der Waals surface area contributed by atoms with E-state index in [0.717, 1.165) is 79.2 Å². The molecule has 0 radical (unpaired) electrons. The molecule has 0 aromatic carbocycles. The highest BCUT2D eigenvalue weighted by Gasteiger charge is 2.31. The van der Waals surface area contributed by atoms with E-state index in [2.05, 4.69) is 20.1 Å². The van der Waals surface area contributed by atoms with Crippen molar-refractivity contribution >= 4 is 45.1 Å². The van der Waals surface area contributed by atoms with Gasteiger partial charge in [-0.05, 0) is 57.0 Å². The number of nitrogens with one attached hydrogen (secondary N) is 2. The monoisotopic (exact) mass is 512 g/mol. The number of hydrogen-bond acceptors (Lipinski definition) is 10. The van der Waals surface area contributed by atoms with Crippen LogP contribution >= 0.6 is 11.5 Å². The van der Waals surface area contributed by atoms with Crippen LogP contribution in [0.2, 0.25) is 0 Å². The summed E-state index contributed by atoms with van der Waals surface area (Å²) >= 11 is 1.39. The van der Waals surface area contributed by atoms with Crippen LogP contribution in [0, 0.1) is 6.92 Å². The van der Waals surface area contributed by atoms with E-state index in [-0.39, 0.29) is 12.5 Å². The summed E-state index contributed by atoms with van der Waals surface area (Å²) in [5.74, 6) is 1.47. The van der Waals surface area contributed by atoms with Crippen LogP contribution in [0.5, 0.6) is 0 Å². The Bertz CT molecular complexity index is 1220. The lowest BCUT2D eigenvalue weighted by atomic mass is 9.90. The Morgan fingerprint density at radius 3 is 2.67 bits per heavy atom. The molecule has 3 fully saturated rings. The maximum atomic E-state index is 12.2. The van der Waals surface area contributed by atoms with Gasteiger partial charge in [-0.1, -0.05) is 0 Å². The maximum Gasteiger partial charge on any atom is 0.248 e. The van der Waals surface area contributed by atoms with Gasteiger partial charge in [-0.2, -0.15) is 19.4 Å². The SMILES string of the molecule is Cc1nsc2nc(Nc3cnn(C4CCOCC4)c3)nc(NC3CCC(N4CCOCC4=O)CC3)c12. The number of morpholine rings is 1. The van der Waals surface area contributed by atoms with Gasteiger partial charge in [0.2, 0.25) is 11.9 Å². The molecule has 192 valence electrons. The smallest absolute Gasteiger partial charge is 0.248 e. The fourth-order valence-corrected chi connectivity index (χ4v) is 6.25. The van der Waals surface area contributed by atoms with Crippen molar-refractivity contribution in [2.24, 2.45) is 0 Å². The second-order valence-corrected chi connectivity index (χ2v) is 10.6. The van der Waals surface area contributed by atoms with Crippen molar-refractivity contribution in [2.75, 3.05) is 43.6 Å². The zero-order chi connectivity index (χ0) is 24.5. The van der Waals surface area contributed by atoms with Gasteiger partial charge in [0.25, 0.3) is 0 Å². The summed E-state index contributed by atoms with van der Waals surface area (Å²) < 4.78 is 17.3. The number of hydrogen-bond donors (Lipinski definition) is 2. The third kappa shape index (κ3) is 4.89. The van der Waals surface area contributed by atoms with E-state index in [9.17, 15) is 4.79 Å². The molecule has 0 spiro atoms. The minimum absolute atomic E-state index is 0.117. The highest BCUT2D eigenvalue weighted by Crippen LogP contribution is 2.32. The van der Waals surface area contributed by atoms with Crippen molar-refractivity contribution in [1.29, 1.82) is 0 Å². The number of anilines is 3. The molecule has 2 saturated heterocycles. The molecule has 3 aromatic heterocycles. The Morgan fingerprint density at radius 2 is 1.86 bits per heavy atom. The number of fused-ring (bicyclic) bond motifs is 1. The molecule has 1 saturated carbocycles. The van der Waals surface area contributed by atoms with E-state index in [1.165, 1.54) is 11.5 Å². The molecule has 3 aliphatic rings. The summed E-state index contributed by atoms with van der Waals surface area (Å²) in [7, 11) is 0. The largest absolute Gasteiger partial charge is 0.381 e. The Labute approximate surface area is 213 Å². The standard InChI is InChI=1S/C24H32N8O3S/c1-15-21-22(26-16-2-4-18(5-3-16)31-8-11-35-14-20(31)33)28-24(29-23(21)36-30-15)27-17-12-25-32(13-17)19-6-9-34-10-7-19/h12-13,16,18-19H,2-11,14H2,1H3,(H2,26,27,28,29). The Kier molecular flexibility index (Phi) is 6.72. The lowest BCUT2D eigenvalue weighted by Crippen LogP contribution is -2.49. The molecule has 0 bridgehead atoms. The van der Waals surface area contributed by atoms with Gasteiger partial charge in [-0.15, -0.1) is 0 Å². The number of amides is 1. The van der Waals surface area contributed by atoms with Crippen LogP contribution in [0.25, 0.3) is 10.2 Å². The first-order valence-electron chi connectivity index (χ1n) is 12.8. The third-order valence-corrected chi connectivity index (χ3v) is 8.26. The topological polar surface area (TPSA) is 119 Å². The molecule has 3 aromatic rings. The van der Waals surface area contributed by atoms with Crippen LogP contribution in [0.1, 0.15) is 50.3 Å². The predicted molar refractivity (Wildman–Crippen MR) is 137 cm³/mol. The summed E-state index contributed by atoms with van der Waals surface area (Å²) in [4.78, 5) is 24.7. The van der Waals surface area contributed by atoms with Crippen LogP contribution in [0.3, 0.4) is 0 Å². The molecule has 0 unspecified atom stereocenters. The number of aromatic nitrogens is 5. The van der Waals surface area contributed by atoms with E-state index in [1.54, 1.807) is 0 Å². The molecule has 0 atom stereocenters. The first-order chi connectivity index (χ1) is 17.6. The highest BCUT2D eigenvalue weighted by molar-refractivity contribution is 7.13. The number of carbonyl (C=O) groups is 1. The molecular weight excluding hydrogens is 480 g/mol. The normalized spacial score (nSPS) is 23.8. The molecule has 36 heavy (non-hydrogen) atoms. The zero-order valence-electron chi connectivity index (χ0n) is 20.5. The summed E-state index contributed by atoms with van der Waals surface area (Å²) in [6, 6.07) is 0.958. The summed E-state index contributed by atoms with van der Waals surface area (Å²) in [5, 5.41) is 12.6. The molecule has 2 N–H and O–H groups in total. The zero-order valence-corrected chi connectivity index (χ0v) is 21.3. The average molecular weight is 513 g/mol. The quantitative estimate of drug-likeness (QED) is 0.513. The average Bonchev–Trinajstić information content (AvgIpc) is 3.52. The fraction of sp³-hybridized carbons (Fsp3) is 0.625. The molecular formula is C24H32N8O3S. The fourth-order valence-electron chi connectivity index (χ4n) is 5.47. The Balaban J connectivity index is 1.16. The van der Waals surface area contributed by atoms with Gasteiger partial charge in [0.05, 0.1) is 35.6 Å². The molecule has 1 amide bonds. The van der Waals surface area contributed by atoms with Crippen LogP contribution in [0.15, 0.2) is 12.4 Å². The van der Waals surface area contributed by atoms with Gasteiger partial charge >= 0.3 is 0 Å². The number of nitrogens with zero attached hydrogens (tertiary/aromatic N) is 6. The summed E-state index contributed by atoms with van der Waals surface area (Å²) in [6.45, 7) is 5.10. The molecule has 1 aliphatic carbocycles. The van der Waals surface area contributed by atoms with Crippen molar-refractivity contribution in [3.05, 3.63) is 18.1 Å². The number of rotatable bonds is 6. The molecule has 12 heteroatoms. The lowest BCUT2D eigenvalue weighted by molar-refractivity contribution is -0.146. The van der Waals surface area contributed by atoms with Crippen LogP contribution in [-0.2, 0) is 14.3 Å². The van der Waals surface area contributed by atoms with Gasteiger partial charge in [-0.25, -0.2) is 0 Å². The van der Waals surface area contributed by atoms with E-state index >= 15 is 0 Å². The van der Waals surface area contributed by atoms with Crippen molar-refractivity contribution in [3.8, 4) is 0 Å². The summed E-state index contributed by atoms with van der Waals surface area (Å²) in [6.07, 6.45) is 9.71. The van der Waals surface area contributed by atoms with E-state index in [1.807, 2.05) is 28.9 Å². The molecule has 6 rings (SSSR count). The lowest BCUT2D eigenvalue weighted by Gasteiger charge is -2.39. The van der Waals surface area contributed by atoms with E-state index in [0.29, 0.717) is 37.2 Å². The molecule has 11 nitrogen and oxygen atoms in total. The summed E-state index contributed by atoms with van der Waals surface area (Å²) in [5.41, 5.74) is 1.80. The van der Waals surface area contributed by atoms with Crippen molar-refractivity contribution < 1.29 is 14.3 Å². The van der Waals surface area contributed by atoms with Gasteiger partial charge in [0.15, 0.2) is 4.83 Å². The second kappa shape index (κ2) is 10.3. The Hall–Kier alpha value is -2.83. The van der Waals surface area contributed by atoms with Crippen molar-refractivity contribution in [3.63, 3.8) is 0 Å². The predicted octanol–water partition coefficient (Wildman–Crippen LogP) is 3.27. The van der Waals surface area contributed by atoms with Crippen molar-refractivity contribution in [2.45, 2.75) is 63.6 Å². The minimum atomic E-state index is 0.117. The van der Waals surface area contributed by atoms with Gasteiger partial charge in [-0.3, -0.25) is 9.48 Å². The number of ether oxygens (including phenoxy) is 2. The number of carbonyl (C=O) groups excluding carboxylic acids is 1. The first-order valence-corrected chi connectivity index (χ1v) is 13.6. The van der Waals surface area contributed by atoms with Crippen LogP contribution < -0.4 is 10.6 Å². The van der Waals surface area contributed by atoms with Crippen LogP contribution in [-0.4, -0.2) is 80.0 Å². The molecule has 2 aliphatic heterocycles. The van der Waals surface area contributed by atoms with Crippen molar-refractivity contribution in [1.82, 2.24) is 29.0 Å². The second-order valence-electron chi connectivity index (χ2n) is 9.81. The molecule has 5 heterocycles.